The molecule has 2 aliphatic heterocycles. The van der Waals surface area contributed by atoms with Gasteiger partial charge in [0.15, 0.2) is 0 Å². The zero-order valence-electron chi connectivity index (χ0n) is 102. The first-order valence-corrected chi connectivity index (χ1v) is 53.7. The Hall–Kier alpha value is -9.62. The summed E-state index contributed by atoms with van der Waals surface area (Å²) in [5.74, 6) is 0.125. The normalized spacial score (nSPS) is 12.9. The van der Waals surface area contributed by atoms with Crippen molar-refractivity contribution in [1.29, 1.82) is 0 Å². The van der Waals surface area contributed by atoms with Crippen LogP contribution >= 0.6 is 0 Å². The molecule has 147 heavy (non-hydrogen) atoms. The van der Waals surface area contributed by atoms with Crippen molar-refractivity contribution in [1.82, 2.24) is 58.8 Å². The fourth-order valence-corrected chi connectivity index (χ4v) is 14.9. The number of likely N-dealkylation sites (tertiary alicyclic amines) is 2. The second kappa shape index (κ2) is 82.2. The second-order valence-corrected chi connectivity index (χ2v) is 43.0. The number of rotatable bonds is 39. The SMILES string of the molecule is C/C(CC(C)C)=N\OC(=O)N(C(C)C)C(C)C.C/C(CCC(C)C)=N\OC(=O)N(C(C)C)C(C)C.C/C(CCOC(C)C)=N\OC(=O)N(C(C)C)C(C)C.CC(=O)N(C)C(=O)N(C(C)C)C(C)C.CC(C)=NOC(=O)N(C(C)C)C(C)C.CC(C)N(C(=O)N1C(=O)CCC1=O)C(C)C.CC(C)N(C(=O)N1CCCCCC1=O)C(C)C.CC/C(C)=N/OC(=O)N(C(C)C)C(C)C.CCCCOCCOC(=O)N(C(C)C)C(C)C. The van der Waals surface area contributed by atoms with Gasteiger partial charge >= 0.3 is 54.7 Å². The van der Waals surface area contributed by atoms with E-state index in [2.05, 4.69) is 60.4 Å². The lowest BCUT2D eigenvalue weighted by Gasteiger charge is -2.34. The van der Waals surface area contributed by atoms with Gasteiger partial charge in [0.1, 0.15) is 6.61 Å². The molecule has 0 aliphatic carbocycles. The summed E-state index contributed by atoms with van der Waals surface area (Å²) in [4.78, 5) is 195. The van der Waals surface area contributed by atoms with Gasteiger partial charge in [0, 0.05) is 162 Å². The van der Waals surface area contributed by atoms with Crippen LogP contribution in [0, 0.1) is 11.8 Å². The first kappa shape index (κ1) is 150. The van der Waals surface area contributed by atoms with Crippen molar-refractivity contribution in [3.63, 3.8) is 0 Å². The highest BCUT2D eigenvalue weighted by Gasteiger charge is 2.39. The molecule has 0 spiro atoms. The van der Waals surface area contributed by atoms with Gasteiger partial charge in [-0.2, -0.15) is 0 Å². The first-order chi connectivity index (χ1) is 67.6. The number of oxime groups is 5. The largest absolute Gasteiger partial charge is 0.447 e. The van der Waals surface area contributed by atoms with Crippen LogP contribution in [0.25, 0.3) is 0 Å². The molecule has 0 atom stereocenters. The maximum Gasteiger partial charge on any atom is 0.436 e. The molecule has 2 aliphatic rings. The molecule has 38 heteroatoms. The van der Waals surface area contributed by atoms with E-state index in [4.69, 9.17) is 38.4 Å². The molecular weight excluding hydrogens is 1880 g/mol. The molecule has 860 valence electrons. The lowest BCUT2D eigenvalue weighted by atomic mass is 10.1. The Morgan fingerprint density at radius 3 is 0.912 bits per heavy atom. The van der Waals surface area contributed by atoms with Gasteiger partial charge in [-0.3, -0.25) is 53.2 Å². The number of urea groups is 3. The molecule has 0 saturated carbocycles. The average molecular weight is 2100 g/mol. The molecular formula is C109H213N17O21. The minimum Gasteiger partial charge on any atom is -0.447 e. The van der Waals surface area contributed by atoms with Gasteiger partial charge in [0.05, 0.1) is 47.9 Å². The van der Waals surface area contributed by atoms with Crippen molar-refractivity contribution in [2.24, 2.45) is 37.6 Å². The third-order valence-corrected chi connectivity index (χ3v) is 21.5. The van der Waals surface area contributed by atoms with Crippen LogP contribution in [0.5, 0.6) is 0 Å². The molecule has 16 amide bonds. The monoisotopic (exact) mass is 2100 g/mol. The third kappa shape index (κ3) is 68.7. The molecule has 0 aromatic rings. The first-order valence-electron chi connectivity index (χ1n) is 53.7. The fraction of sp³-hybridized carbons (Fsp3) is 0.835. The van der Waals surface area contributed by atoms with E-state index < -0.39 is 18.2 Å². The Bertz CT molecular complexity index is 3790. The molecule has 0 aromatic carbocycles. The predicted octanol–water partition coefficient (Wildman–Crippen LogP) is 25.6. The van der Waals surface area contributed by atoms with Gasteiger partial charge in [0.2, 0.25) is 23.6 Å². The van der Waals surface area contributed by atoms with E-state index in [1.54, 1.807) is 57.9 Å². The van der Waals surface area contributed by atoms with Crippen molar-refractivity contribution < 1.29 is 101 Å². The zero-order chi connectivity index (χ0) is 116. The molecule has 0 unspecified atom stereocenters. The molecule has 2 fully saturated rings. The number of unbranched alkanes of at least 4 members (excludes halogenated alkanes) is 1. The van der Waals surface area contributed by atoms with Gasteiger partial charge in [-0.15, -0.1) is 0 Å². The van der Waals surface area contributed by atoms with Crippen molar-refractivity contribution >= 4 is 107 Å². The minimum atomic E-state index is -0.488. The summed E-state index contributed by atoms with van der Waals surface area (Å²) >= 11 is 0. The summed E-state index contributed by atoms with van der Waals surface area (Å²) in [6.45, 7) is 102. The average Bonchev–Trinajstić information content (AvgIpc) is 1.67. The van der Waals surface area contributed by atoms with E-state index in [1.807, 2.05) is 298 Å². The van der Waals surface area contributed by atoms with Crippen LogP contribution in [0.2, 0.25) is 0 Å². The Labute approximate surface area is 891 Å². The Balaban J connectivity index is -0.000000300. The number of nitrogens with zero attached hydrogens (tertiary/aromatic N) is 17. The topological polar surface area (TPSA) is 396 Å². The highest BCUT2D eigenvalue weighted by atomic mass is 16.7. The highest BCUT2D eigenvalue weighted by Crippen LogP contribution is 2.22. The molecule has 2 saturated heterocycles. The smallest absolute Gasteiger partial charge is 0.436 e. The van der Waals surface area contributed by atoms with E-state index in [9.17, 15) is 62.3 Å². The van der Waals surface area contributed by atoms with Crippen LogP contribution in [-0.2, 0) is 57.6 Å². The van der Waals surface area contributed by atoms with Gasteiger partial charge in [-0.05, 0) is 361 Å². The molecule has 0 N–H and O–H groups in total. The third-order valence-electron chi connectivity index (χ3n) is 21.5. The van der Waals surface area contributed by atoms with Crippen molar-refractivity contribution in [3.8, 4) is 0 Å². The summed E-state index contributed by atoms with van der Waals surface area (Å²) in [7, 11) is 1.50. The van der Waals surface area contributed by atoms with E-state index in [0.29, 0.717) is 51.0 Å². The van der Waals surface area contributed by atoms with Crippen LogP contribution in [0.4, 0.5) is 43.2 Å². The van der Waals surface area contributed by atoms with Crippen LogP contribution < -0.4 is 0 Å². The molecule has 2 heterocycles. The number of carbonyl (C=O) groups excluding carboxylic acids is 13. The van der Waals surface area contributed by atoms with Crippen LogP contribution in [0.3, 0.4) is 0 Å². The Morgan fingerprint density at radius 1 is 0.313 bits per heavy atom. The summed E-state index contributed by atoms with van der Waals surface area (Å²) in [6, 6.07) is 0.967. The maximum absolute atomic E-state index is 12.4. The Morgan fingerprint density at radius 2 is 0.619 bits per heavy atom. The van der Waals surface area contributed by atoms with E-state index in [1.165, 1.54) is 18.9 Å². The number of hydrogen-bond donors (Lipinski definition) is 0. The standard InChI is InChI=1S/C14H28N2O3.C14H28N2O2.C13H24N2O2.C13H26N2O2.C13H27NO3.C11H18N2O3.C11H22N2O2.2C10H20N2O2/c1-10(2)16(11(3)4)14(17)19-15-13(7)8-9-18-12(5)6;1-10(2)8-9-13(7)15-18-14(17)16(11(3)4)12(5)6;1-10(2)15(11(3)4)13(17)14-9-7-5-6-8-12(14)16;1-9(2)8-12(7)14-17-13(16)15(10(3)4)11(5)6;1-6-7-8-16-9-10-17-13(15)14(11(2)3)12(4)5;1-7(2)12(8(3)4)11(16)13-9(14)5-6-10(13)15;1-7-10(6)12-15-11(14)13(8(2)3)9(4)5;1-7(2)12(8(3)4)10(14)11(6)9(5)13;1-7(2)11-14-10(13)12(8(3)4)9(5)6/h10-12H,8-9H2,1-7H3;10-12H,8-9H2,1-7H3;10-11H,5-9H2,1-4H3;9-11H,8H2,1-7H3;11-12H,6-10H2,1-5H3;7-8H,5-6H2,1-4H3;8-9H,7H2,1-6H3;7-8H,1-6H3;8-9H,1-6H3/b2*15-13+;;14-12+;;;12-10+;;. The summed E-state index contributed by atoms with van der Waals surface area (Å²) < 4.78 is 15.9. The van der Waals surface area contributed by atoms with Gasteiger partial charge in [0.25, 0.3) is 0 Å². The fourth-order valence-electron chi connectivity index (χ4n) is 14.9. The van der Waals surface area contributed by atoms with E-state index in [0.717, 1.165) is 103 Å². The van der Waals surface area contributed by atoms with Crippen molar-refractivity contribution in [2.75, 3.05) is 40.0 Å². The summed E-state index contributed by atoms with van der Waals surface area (Å²) in [6.07, 6.45) is 8.10. The highest BCUT2D eigenvalue weighted by molar-refractivity contribution is 6.14. The van der Waals surface area contributed by atoms with Gasteiger partial charge in [-0.1, -0.05) is 80.2 Å². The number of carbonyl (C=O) groups is 13. The lowest BCUT2D eigenvalue weighted by Crippen LogP contribution is -2.51. The Kier molecular flexibility index (Phi) is 84.1. The van der Waals surface area contributed by atoms with Crippen LogP contribution in [0.1, 0.15) is 437 Å². The van der Waals surface area contributed by atoms with Gasteiger partial charge < -0.3 is 58.3 Å². The molecule has 0 bridgehead atoms. The quantitative estimate of drug-likeness (QED) is 0.0181. The van der Waals surface area contributed by atoms with Crippen molar-refractivity contribution in [3.05, 3.63) is 0 Å². The maximum atomic E-state index is 12.4. The second-order valence-electron chi connectivity index (χ2n) is 43.0. The van der Waals surface area contributed by atoms with E-state index in [-0.39, 0.29) is 188 Å². The number of imide groups is 5. The van der Waals surface area contributed by atoms with Gasteiger partial charge in [-0.25, -0.2) is 48.1 Å². The summed E-state index contributed by atoms with van der Waals surface area (Å²) in [5, 5.41) is 19.0. The molecule has 0 radical (unpaired) electrons. The minimum absolute atomic E-state index is 0.0150. The molecule has 38 nitrogen and oxygen atoms in total. The number of amides is 16. The number of hydrogen-bond acceptors (Lipinski definition) is 26. The van der Waals surface area contributed by atoms with Crippen molar-refractivity contribution in [2.45, 2.75) is 551 Å². The van der Waals surface area contributed by atoms with Crippen LogP contribution in [0.15, 0.2) is 25.8 Å². The molecule has 0 aromatic heterocycles. The number of ether oxygens (including phenoxy) is 3. The van der Waals surface area contributed by atoms with E-state index >= 15 is 0 Å². The predicted molar refractivity (Wildman–Crippen MR) is 595 cm³/mol. The summed E-state index contributed by atoms with van der Waals surface area (Å²) in [5.41, 5.74) is 4.01. The molecule has 2 rings (SSSR count). The van der Waals surface area contributed by atoms with Crippen LogP contribution in [-0.4, -0.2) is 321 Å². The zero-order valence-corrected chi connectivity index (χ0v) is 102. The lowest BCUT2D eigenvalue weighted by molar-refractivity contribution is -0.135.